The zero-order valence-corrected chi connectivity index (χ0v) is 12.5. The summed E-state index contributed by atoms with van der Waals surface area (Å²) in [5.74, 6) is 1.09. The third-order valence-electron chi connectivity index (χ3n) is 3.34. The first-order chi connectivity index (χ1) is 8.63. The van der Waals surface area contributed by atoms with Gasteiger partial charge in [-0.3, -0.25) is 0 Å². The monoisotopic (exact) mass is 307 g/mol. The van der Waals surface area contributed by atoms with E-state index in [1.807, 2.05) is 26.5 Å². The molecule has 1 aromatic heterocycles. The highest BCUT2D eigenvalue weighted by atomic mass is 79.9. The minimum absolute atomic E-state index is 0.281. The van der Waals surface area contributed by atoms with Crippen LogP contribution in [0.5, 0.6) is 0 Å². The molecule has 0 saturated heterocycles. The van der Waals surface area contributed by atoms with Gasteiger partial charge in [0.2, 0.25) is 0 Å². The summed E-state index contributed by atoms with van der Waals surface area (Å²) >= 11 is 3.59. The van der Waals surface area contributed by atoms with Crippen molar-refractivity contribution in [2.45, 2.75) is 19.4 Å². The minimum atomic E-state index is 0.281. The number of imidazole rings is 1. The predicted octanol–water partition coefficient (Wildman–Crippen LogP) is 2.99. The molecule has 3 nitrogen and oxygen atoms in total. The molecule has 0 aliphatic carbocycles. The molecule has 2 aromatic rings. The van der Waals surface area contributed by atoms with E-state index in [-0.39, 0.29) is 6.04 Å². The zero-order valence-electron chi connectivity index (χ0n) is 10.9. The summed E-state index contributed by atoms with van der Waals surface area (Å²) in [5.41, 5.74) is 2.60. The molecule has 0 bridgehead atoms. The number of hydrogen-bond acceptors (Lipinski definition) is 2. The molecule has 0 saturated carbocycles. The van der Waals surface area contributed by atoms with Gasteiger partial charge in [-0.1, -0.05) is 28.1 Å². The molecule has 1 heterocycles. The number of likely N-dealkylation sites (N-methyl/N-ethyl adjacent to an activating group) is 1. The summed E-state index contributed by atoms with van der Waals surface area (Å²) in [5, 5.41) is 3.38. The van der Waals surface area contributed by atoms with Gasteiger partial charge >= 0.3 is 0 Å². The van der Waals surface area contributed by atoms with Gasteiger partial charge in [-0.05, 0) is 31.2 Å². The second-order valence-electron chi connectivity index (χ2n) is 4.45. The summed E-state index contributed by atoms with van der Waals surface area (Å²) < 4.78 is 3.22. The van der Waals surface area contributed by atoms with E-state index in [0.29, 0.717) is 0 Å². The quantitative estimate of drug-likeness (QED) is 0.941. The molecule has 4 heteroatoms. The first kappa shape index (κ1) is 13.3. The second kappa shape index (κ2) is 5.67. The van der Waals surface area contributed by atoms with Gasteiger partial charge in [0.25, 0.3) is 0 Å². The number of halogens is 1. The van der Waals surface area contributed by atoms with Crippen molar-refractivity contribution in [1.29, 1.82) is 0 Å². The van der Waals surface area contributed by atoms with Gasteiger partial charge < -0.3 is 9.88 Å². The normalized spacial score (nSPS) is 12.7. The van der Waals surface area contributed by atoms with Crippen LogP contribution >= 0.6 is 15.9 Å². The fourth-order valence-electron chi connectivity index (χ4n) is 2.14. The van der Waals surface area contributed by atoms with Crippen LogP contribution in [-0.4, -0.2) is 16.6 Å². The smallest absolute Gasteiger partial charge is 0.110 e. The summed E-state index contributed by atoms with van der Waals surface area (Å²) in [7, 11) is 4.02. The molecule has 0 aliphatic heterocycles. The molecule has 96 valence electrons. The van der Waals surface area contributed by atoms with Crippen molar-refractivity contribution in [3.63, 3.8) is 0 Å². The van der Waals surface area contributed by atoms with Crippen LogP contribution in [0.15, 0.2) is 35.1 Å². The van der Waals surface area contributed by atoms with Gasteiger partial charge in [0.15, 0.2) is 0 Å². The van der Waals surface area contributed by atoms with Gasteiger partial charge in [-0.15, -0.1) is 0 Å². The van der Waals surface area contributed by atoms with Gasteiger partial charge in [-0.25, -0.2) is 4.98 Å². The Morgan fingerprint density at radius 3 is 2.83 bits per heavy atom. The molecular weight excluding hydrogens is 290 g/mol. The maximum absolute atomic E-state index is 4.39. The highest BCUT2D eigenvalue weighted by molar-refractivity contribution is 9.10. The Hall–Kier alpha value is -1.13. The van der Waals surface area contributed by atoms with Crippen LogP contribution in [0.1, 0.15) is 23.0 Å². The Morgan fingerprint density at radius 2 is 2.22 bits per heavy atom. The maximum atomic E-state index is 4.39. The number of hydrogen-bond donors (Lipinski definition) is 1. The highest BCUT2D eigenvalue weighted by Gasteiger charge is 2.15. The number of nitrogens with zero attached hydrogens (tertiary/aromatic N) is 2. The molecule has 0 spiro atoms. The molecule has 0 fully saturated rings. The summed E-state index contributed by atoms with van der Waals surface area (Å²) in [6.45, 7) is 2.14. The highest BCUT2D eigenvalue weighted by Crippen LogP contribution is 2.26. The third-order valence-corrected chi connectivity index (χ3v) is 4.20. The van der Waals surface area contributed by atoms with Crippen molar-refractivity contribution in [1.82, 2.24) is 14.9 Å². The van der Waals surface area contributed by atoms with Crippen LogP contribution in [0.25, 0.3) is 0 Å². The first-order valence-corrected chi connectivity index (χ1v) is 6.81. The summed E-state index contributed by atoms with van der Waals surface area (Å²) in [6, 6.07) is 6.61. The zero-order chi connectivity index (χ0) is 13.1. The molecule has 1 N–H and O–H groups in total. The number of nitrogens with one attached hydrogen (secondary N) is 1. The van der Waals surface area contributed by atoms with Crippen molar-refractivity contribution in [2.24, 2.45) is 7.05 Å². The van der Waals surface area contributed by atoms with Crippen LogP contribution in [-0.2, 0) is 13.5 Å². The Kier molecular flexibility index (Phi) is 4.19. The Labute approximate surface area is 116 Å². The van der Waals surface area contributed by atoms with Crippen molar-refractivity contribution in [3.8, 4) is 0 Å². The predicted molar refractivity (Wildman–Crippen MR) is 77.6 cm³/mol. The van der Waals surface area contributed by atoms with E-state index in [0.717, 1.165) is 16.7 Å². The molecule has 1 aromatic carbocycles. The average molecular weight is 308 g/mol. The summed E-state index contributed by atoms with van der Waals surface area (Å²) in [6.07, 6.45) is 4.71. The van der Waals surface area contributed by atoms with Crippen LogP contribution in [0, 0.1) is 6.92 Å². The second-order valence-corrected chi connectivity index (χ2v) is 5.31. The van der Waals surface area contributed by atoms with E-state index in [1.54, 1.807) is 0 Å². The van der Waals surface area contributed by atoms with Gasteiger partial charge in [0, 0.05) is 36.4 Å². The lowest BCUT2D eigenvalue weighted by atomic mass is 9.98. The van der Waals surface area contributed by atoms with Crippen LogP contribution in [0.2, 0.25) is 0 Å². The van der Waals surface area contributed by atoms with E-state index >= 15 is 0 Å². The van der Waals surface area contributed by atoms with Gasteiger partial charge in [-0.2, -0.15) is 0 Å². The number of aryl methyl sites for hydroxylation is 1. The Bertz CT molecular complexity index is 534. The van der Waals surface area contributed by atoms with Crippen molar-refractivity contribution in [2.75, 3.05) is 7.05 Å². The standard InChI is InChI=1S/C14H18BrN3/c1-10-11(5-4-6-12(10)15)13(16-2)9-14-17-7-8-18(14)3/h4-8,13,16H,9H2,1-3H3. The summed E-state index contributed by atoms with van der Waals surface area (Å²) in [4.78, 5) is 4.39. The molecule has 2 rings (SSSR count). The fourth-order valence-corrected chi connectivity index (χ4v) is 2.53. The van der Waals surface area contributed by atoms with E-state index in [4.69, 9.17) is 0 Å². The van der Waals surface area contributed by atoms with E-state index in [2.05, 4.69) is 55.9 Å². The molecule has 1 atom stereocenters. The lowest BCUT2D eigenvalue weighted by Gasteiger charge is -2.19. The van der Waals surface area contributed by atoms with Gasteiger partial charge in [0.1, 0.15) is 5.82 Å². The van der Waals surface area contributed by atoms with Crippen LogP contribution < -0.4 is 5.32 Å². The number of rotatable bonds is 4. The Balaban J connectivity index is 2.29. The van der Waals surface area contributed by atoms with Crippen molar-refractivity contribution in [3.05, 3.63) is 52.0 Å². The lowest BCUT2D eigenvalue weighted by molar-refractivity contribution is 0.561. The van der Waals surface area contributed by atoms with Crippen molar-refractivity contribution >= 4 is 15.9 Å². The largest absolute Gasteiger partial charge is 0.338 e. The van der Waals surface area contributed by atoms with Crippen LogP contribution in [0.3, 0.4) is 0 Å². The SMILES string of the molecule is CNC(Cc1nccn1C)c1cccc(Br)c1C. The van der Waals surface area contributed by atoms with Crippen molar-refractivity contribution < 1.29 is 0 Å². The average Bonchev–Trinajstić information content (AvgIpc) is 2.76. The first-order valence-electron chi connectivity index (χ1n) is 6.02. The Morgan fingerprint density at radius 1 is 1.44 bits per heavy atom. The molecule has 1 unspecified atom stereocenters. The van der Waals surface area contributed by atoms with E-state index in [1.165, 1.54) is 11.1 Å². The lowest BCUT2D eigenvalue weighted by Crippen LogP contribution is -2.21. The number of aromatic nitrogens is 2. The molecule has 0 aliphatic rings. The fraction of sp³-hybridized carbons (Fsp3) is 0.357. The van der Waals surface area contributed by atoms with Crippen LogP contribution in [0.4, 0.5) is 0 Å². The van der Waals surface area contributed by atoms with Gasteiger partial charge in [0.05, 0.1) is 0 Å². The van der Waals surface area contributed by atoms with E-state index in [9.17, 15) is 0 Å². The molecule has 18 heavy (non-hydrogen) atoms. The molecular formula is C14H18BrN3. The van der Waals surface area contributed by atoms with E-state index < -0.39 is 0 Å². The minimum Gasteiger partial charge on any atom is -0.338 e. The third kappa shape index (κ3) is 2.65. The number of benzene rings is 1. The molecule has 0 radical (unpaired) electrons. The maximum Gasteiger partial charge on any atom is 0.110 e. The topological polar surface area (TPSA) is 29.9 Å². The molecule has 0 amide bonds.